The van der Waals surface area contributed by atoms with Crippen LogP contribution in [0.3, 0.4) is 0 Å². The van der Waals surface area contributed by atoms with Crippen molar-refractivity contribution in [1.29, 1.82) is 0 Å². The molecule has 128 valence electrons. The van der Waals surface area contributed by atoms with Crippen molar-refractivity contribution >= 4 is 11.7 Å². The van der Waals surface area contributed by atoms with Gasteiger partial charge in [0.15, 0.2) is 0 Å². The zero-order valence-corrected chi connectivity index (χ0v) is 14.3. The molecular weight excluding hydrogens is 290 g/mol. The van der Waals surface area contributed by atoms with Crippen molar-refractivity contribution in [2.45, 2.75) is 58.2 Å². The SMILES string of the molecule is CC(O)CC(C)CNC(C)c1ccc(NC(=O)NC2CC2)cc1. The summed E-state index contributed by atoms with van der Waals surface area (Å²) in [5.74, 6) is 0.435. The minimum Gasteiger partial charge on any atom is -0.393 e. The van der Waals surface area contributed by atoms with Gasteiger partial charge in [0.05, 0.1) is 6.10 Å². The minimum absolute atomic E-state index is 0.127. The second-order valence-corrected chi connectivity index (χ2v) is 6.81. The molecule has 1 aliphatic carbocycles. The Morgan fingerprint density at radius 3 is 2.43 bits per heavy atom. The Hall–Kier alpha value is -1.59. The fourth-order valence-electron chi connectivity index (χ4n) is 2.60. The third-order valence-corrected chi connectivity index (χ3v) is 4.10. The zero-order valence-electron chi connectivity index (χ0n) is 14.3. The number of aliphatic hydroxyl groups is 1. The standard InChI is InChI=1S/C18H29N3O2/c1-12(10-13(2)22)11-19-14(3)15-4-6-16(7-5-15)20-18(23)21-17-8-9-17/h4-7,12-14,17,19,22H,8-11H2,1-3H3,(H2,20,21,23). The maximum absolute atomic E-state index is 11.7. The highest BCUT2D eigenvalue weighted by Crippen LogP contribution is 2.20. The average molecular weight is 319 g/mol. The highest BCUT2D eigenvalue weighted by Gasteiger charge is 2.23. The average Bonchev–Trinajstić information content (AvgIpc) is 3.28. The number of hydrogen-bond acceptors (Lipinski definition) is 3. The second kappa shape index (κ2) is 8.31. The van der Waals surface area contributed by atoms with Crippen molar-refractivity contribution in [3.05, 3.63) is 29.8 Å². The molecule has 4 N–H and O–H groups in total. The number of hydrogen-bond donors (Lipinski definition) is 4. The molecule has 0 radical (unpaired) electrons. The molecule has 5 nitrogen and oxygen atoms in total. The number of nitrogens with one attached hydrogen (secondary N) is 3. The van der Waals surface area contributed by atoms with Crippen LogP contribution in [-0.2, 0) is 0 Å². The van der Waals surface area contributed by atoms with E-state index >= 15 is 0 Å². The fourth-order valence-corrected chi connectivity index (χ4v) is 2.60. The van der Waals surface area contributed by atoms with E-state index in [4.69, 9.17) is 0 Å². The van der Waals surface area contributed by atoms with Crippen molar-refractivity contribution < 1.29 is 9.90 Å². The molecular formula is C18H29N3O2. The van der Waals surface area contributed by atoms with Crippen LogP contribution in [-0.4, -0.2) is 29.8 Å². The molecule has 0 saturated heterocycles. The number of carbonyl (C=O) groups is 1. The molecule has 1 fully saturated rings. The molecule has 5 heteroatoms. The maximum Gasteiger partial charge on any atom is 0.319 e. The van der Waals surface area contributed by atoms with Crippen LogP contribution in [0.1, 0.15) is 51.6 Å². The van der Waals surface area contributed by atoms with E-state index in [1.165, 1.54) is 5.56 Å². The van der Waals surface area contributed by atoms with Crippen LogP contribution >= 0.6 is 0 Å². The van der Waals surface area contributed by atoms with Crippen LogP contribution in [0.15, 0.2) is 24.3 Å². The molecule has 0 spiro atoms. The van der Waals surface area contributed by atoms with Crippen LogP contribution in [0.4, 0.5) is 10.5 Å². The Balaban J connectivity index is 1.77. The largest absolute Gasteiger partial charge is 0.393 e. The second-order valence-electron chi connectivity index (χ2n) is 6.81. The predicted octanol–water partition coefficient (Wildman–Crippen LogP) is 3.03. The molecule has 2 rings (SSSR count). The van der Waals surface area contributed by atoms with Gasteiger partial charge < -0.3 is 21.1 Å². The molecule has 23 heavy (non-hydrogen) atoms. The zero-order chi connectivity index (χ0) is 16.8. The molecule has 1 saturated carbocycles. The summed E-state index contributed by atoms with van der Waals surface area (Å²) in [6.45, 7) is 6.95. The number of urea groups is 1. The molecule has 1 aromatic rings. The van der Waals surface area contributed by atoms with Gasteiger partial charge >= 0.3 is 6.03 Å². The quantitative estimate of drug-likeness (QED) is 0.595. The summed E-state index contributed by atoms with van der Waals surface area (Å²) in [6.07, 6.45) is 2.72. The van der Waals surface area contributed by atoms with Gasteiger partial charge in [0.25, 0.3) is 0 Å². The van der Waals surface area contributed by atoms with E-state index in [1.54, 1.807) is 0 Å². The molecule has 1 aromatic carbocycles. The topological polar surface area (TPSA) is 73.4 Å². The molecule has 0 aliphatic heterocycles. The number of carbonyl (C=O) groups excluding carboxylic acids is 1. The molecule has 0 bridgehead atoms. The Labute approximate surface area is 138 Å². The highest BCUT2D eigenvalue weighted by molar-refractivity contribution is 5.89. The third kappa shape index (κ3) is 6.59. The summed E-state index contributed by atoms with van der Waals surface area (Å²) >= 11 is 0. The Morgan fingerprint density at radius 2 is 1.87 bits per heavy atom. The van der Waals surface area contributed by atoms with Gasteiger partial charge in [-0.2, -0.15) is 0 Å². The first-order chi connectivity index (χ1) is 10.9. The van der Waals surface area contributed by atoms with Gasteiger partial charge in [-0.15, -0.1) is 0 Å². The van der Waals surface area contributed by atoms with E-state index in [0.717, 1.165) is 31.5 Å². The third-order valence-electron chi connectivity index (χ3n) is 4.10. The lowest BCUT2D eigenvalue weighted by Gasteiger charge is -2.19. The van der Waals surface area contributed by atoms with Crippen molar-refractivity contribution in [2.24, 2.45) is 5.92 Å². The summed E-state index contributed by atoms with van der Waals surface area (Å²) in [4.78, 5) is 11.7. The van der Waals surface area contributed by atoms with Crippen molar-refractivity contribution in [3.8, 4) is 0 Å². The monoisotopic (exact) mass is 319 g/mol. The van der Waals surface area contributed by atoms with E-state index in [2.05, 4.69) is 29.8 Å². The number of aliphatic hydroxyl groups excluding tert-OH is 1. The van der Waals surface area contributed by atoms with E-state index < -0.39 is 0 Å². The lowest BCUT2D eigenvalue weighted by molar-refractivity contribution is 0.162. The van der Waals surface area contributed by atoms with Gasteiger partial charge in [-0.3, -0.25) is 0 Å². The van der Waals surface area contributed by atoms with E-state index in [0.29, 0.717) is 12.0 Å². The van der Waals surface area contributed by atoms with Gasteiger partial charge in [-0.1, -0.05) is 19.1 Å². The summed E-state index contributed by atoms with van der Waals surface area (Å²) < 4.78 is 0. The molecule has 0 aromatic heterocycles. The van der Waals surface area contributed by atoms with Gasteiger partial charge in [0, 0.05) is 17.8 Å². The highest BCUT2D eigenvalue weighted by atomic mass is 16.3. The Kier molecular flexibility index (Phi) is 6.42. The summed E-state index contributed by atoms with van der Waals surface area (Å²) in [7, 11) is 0. The number of rotatable bonds is 8. The summed E-state index contributed by atoms with van der Waals surface area (Å²) in [6, 6.07) is 8.40. The van der Waals surface area contributed by atoms with Crippen LogP contribution in [0.2, 0.25) is 0 Å². The first-order valence-corrected chi connectivity index (χ1v) is 8.53. The van der Waals surface area contributed by atoms with E-state index in [-0.39, 0.29) is 18.2 Å². The Morgan fingerprint density at radius 1 is 1.22 bits per heavy atom. The molecule has 1 aliphatic rings. The minimum atomic E-state index is -0.255. The summed E-state index contributed by atoms with van der Waals surface area (Å²) in [5.41, 5.74) is 1.99. The number of benzene rings is 1. The van der Waals surface area contributed by atoms with Crippen LogP contribution in [0.5, 0.6) is 0 Å². The molecule has 3 unspecified atom stereocenters. The van der Waals surface area contributed by atoms with Gasteiger partial charge in [-0.05, 0) is 63.3 Å². The van der Waals surface area contributed by atoms with Crippen molar-refractivity contribution in [1.82, 2.24) is 10.6 Å². The van der Waals surface area contributed by atoms with Gasteiger partial charge in [0.1, 0.15) is 0 Å². The van der Waals surface area contributed by atoms with E-state index in [1.807, 2.05) is 31.2 Å². The van der Waals surface area contributed by atoms with Crippen LogP contribution in [0, 0.1) is 5.92 Å². The van der Waals surface area contributed by atoms with Gasteiger partial charge in [0.2, 0.25) is 0 Å². The molecule has 2 amide bonds. The number of anilines is 1. The van der Waals surface area contributed by atoms with E-state index in [9.17, 15) is 9.90 Å². The first kappa shape index (κ1) is 17.8. The van der Waals surface area contributed by atoms with Crippen molar-refractivity contribution in [2.75, 3.05) is 11.9 Å². The predicted molar refractivity (Wildman–Crippen MR) is 93.5 cm³/mol. The molecule has 3 atom stereocenters. The van der Waals surface area contributed by atoms with Gasteiger partial charge in [-0.25, -0.2) is 4.79 Å². The number of amides is 2. The van der Waals surface area contributed by atoms with Crippen LogP contribution < -0.4 is 16.0 Å². The smallest absolute Gasteiger partial charge is 0.319 e. The van der Waals surface area contributed by atoms with Crippen LogP contribution in [0.25, 0.3) is 0 Å². The first-order valence-electron chi connectivity index (χ1n) is 8.53. The lowest BCUT2D eigenvalue weighted by Crippen LogP contribution is -2.30. The summed E-state index contributed by atoms with van der Waals surface area (Å²) in [5, 5.41) is 18.6. The van der Waals surface area contributed by atoms with Crippen molar-refractivity contribution in [3.63, 3.8) is 0 Å². The maximum atomic E-state index is 11.7. The normalized spacial score (nSPS) is 18.1. The Bertz CT molecular complexity index is 497. The lowest BCUT2D eigenvalue weighted by atomic mass is 10.0. The molecule has 0 heterocycles. The fraction of sp³-hybridized carbons (Fsp3) is 0.611.